The molecule has 2 aromatic rings. The molecule has 0 unspecified atom stereocenters. The summed E-state index contributed by atoms with van der Waals surface area (Å²) in [6.07, 6.45) is 0. The van der Waals surface area contributed by atoms with Crippen LogP contribution in [0.2, 0.25) is 0 Å². The minimum Gasteiger partial charge on any atom is -0.347 e. The largest absolute Gasteiger partial charge is 0.347 e. The number of amides is 1. The monoisotopic (exact) mass is 334 g/mol. The molecule has 0 aliphatic carbocycles. The third-order valence-corrected chi connectivity index (χ3v) is 4.74. The average molecular weight is 334 g/mol. The van der Waals surface area contributed by atoms with Crippen LogP contribution in [0, 0.1) is 5.82 Å². The van der Waals surface area contributed by atoms with Gasteiger partial charge in [-0.1, -0.05) is 12.1 Å². The number of likely N-dealkylation sites (N-methyl/N-ethyl adjacent to an activating group) is 1. The Kier molecular flexibility index (Phi) is 4.88. The summed E-state index contributed by atoms with van der Waals surface area (Å²) in [6.45, 7) is 4.14. The number of anilines is 1. The summed E-state index contributed by atoms with van der Waals surface area (Å²) in [5.74, 6) is -0.534. The topological polar surface area (TPSA) is 48.5 Å². The molecule has 0 spiro atoms. The second kappa shape index (κ2) is 7.06. The fourth-order valence-corrected chi connectivity index (χ4v) is 3.29. The number of piperazine rings is 1. The summed E-state index contributed by atoms with van der Waals surface area (Å²) in [7, 11) is 2.10. The van der Waals surface area contributed by atoms with Crippen LogP contribution in [0.3, 0.4) is 0 Å². The number of nitrogens with zero attached hydrogens (tertiary/aromatic N) is 3. The van der Waals surface area contributed by atoms with Gasteiger partial charge in [-0.2, -0.15) is 0 Å². The van der Waals surface area contributed by atoms with E-state index in [1.54, 1.807) is 17.5 Å². The van der Waals surface area contributed by atoms with Crippen molar-refractivity contribution >= 4 is 22.4 Å². The lowest BCUT2D eigenvalue weighted by atomic mass is 10.2. The molecule has 1 aromatic carbocycles. The summed E-state index contributed by atoms with van der Waals surface area (Å²) in [5.41, 5.74) is 1.15. The van der Waals surface area contributed by atoms with Crippen LogP contribution in [0.15, 0.2) is 29.6 Å². The molecule has 1 aromatic heterocycles. The first-order chi connectivity index (χ1) is 11.1. The van der Waals surface area contributed by atoms with E-state index in [1.165, 1.54) is 23.5 Å². The lowest BCUT2D eigenvalue weighted by Gasteiger charge is -2.32. The van der Waals surface area contributed by atoms with Gasteiger partial charge in [-0.05, 0) is 24.7 Å². The van der Waals surface area contributed by atoms with E-state index in [4.69, 9.17) is 0 Å². The molecule has 23 heavy (non-hydrogen) atoms. The quantitative estimate of drug-likeness (QED) is 0.929. The van der Waals surface area contributed by atoms with Crippen molar-refractivity contribution in [3.8, 4) is 0 Å². The normalized spacial score (nSPS) is 15.7. The molecule has 1 N–H and O–H groups in total. The Hall–Kier alpha value is -1.99. The maximum Gasteiger partial charge on any atom is 0.271 e. The van der Waals surface area contributed by atoms with Crippen molar-refractivity contribution in [3.05, 3.63) is 46.7 Å². The number of hydrogen-bond donors (Lipinski definition) is 1. The number of hydrogen-bond acceptors (Lipinski definition) is 5. The molecular weight excluding hydrogens is 315 g/mol. The van der Waals surface area contributed by atoms with Crippen LogP contribution in [-0.2, 0) is 6.54 Å². The standard InChI is InChI=1S/C16H19FN4OS/c1-20-5-7-21(8-6-20)16-19-14(11-23-16)15(22)18-10-12-3-2-4-13(17)9-12/h2-4,9,11H,5-8,10H2,1H3,(H,18,22). The summed E-state index contributed by atoms with van der Waals surface area (Å²) >= 11 is 1.49. The average Bonchev–Trinajstić information content (AvgIpc) is 3.03. The van der Waals surface area contributed by atoms with Gasteiger partial charge < -0.3 is 15.1 Å². The third kappa shape index (κ3) is 4.05. The van der Waals surface area contributed by atoms with E-state index in [2.05, 4.69) is 27.1 Å². The number of aromatic nitrogens is 1. The van der Waals surface area contributed by atoms with E-state index < -0.39 is 0 Å². The molecule has 1 aliphatic rings. The highest BCUT2D eigenvalue weighted by Crippen LogP contribution is 2.21. The smallest absolute Gasteiger partial charge is 0.271 e. The maximum atomic E-state index is 13.1. The van der Waals surface area contributed by atoms with Crippen molar-refractivity contribution < 1.29 is 9.18 Å². The van der Waals surface area contributed by atoms with E-state index in [9.17, 15) is 9.18 Å². The molecule has 0 radical (unpaired) electrons. The number of nitrogens with one attached hydrogen (secondary N) is 1. The van der Waals surface area contributed by atoms with Crippen LogP contribution in [0.25, 0.3) is 0 Å². The van der Waals surface area contributed by atoms with Gasteiger partial charge in [-0.3, -0.25) is 4.79 Å². The minimum absolute atomic E-state index is 0.231. The number of thiazole rings is 1. The van der Waals surface area contributed by atoms with E-state index in [0.29, 0.717) is 5.69 Å². The number of carbonyl (C=O) groups excluding carboxylic acids is 1. The Morgan fingerprint density at radius 1 is 1.35 bits per heavy atom. The predicted molar refractivity (Wildman–Crippen MR) is 89.4 cm³/mol. The lowest BCUT2D eigenvalue weighted by Crippen LogP contribution is -2.44. The van der Waals surface area contributed by atoms with Crippen molar-refractivity contribution in [1.29, 1.82) is 0 Å². The van der Waals surface area contributed by atoms with Gasteiger partial charge in [0, 0.05) is 38.1 Å². The number of carbonyl (C=O) groups is 1. The van der Waals surface area contributed by atoms with Crippen LogP contribution >= 0.6 is 11.3 Å². The van der Waals surface area contributed by atoms with E-state index in [1.807, 2.05) is 0 Å². The van der Waals surface area contributed by atoms with Gasteiger partial charge in [0.1, 0.15) is 11.5 Å². The van der Waals surface area contributed by atoms with Crippen molar-refractivity contribution in [1.82, 2.24) is 15.2 Å². The van der Waals surface area contributed by atoms with Crippen molar-refractivity contribution in [2.75, 3.05) is 38.1 Å². The summed E-state index contributed by atoms with van der Waals surface area (Å²) in [4.78, 5) is 21.1. The van der Waals surface area contributed by atoms with Crippen LogP contribution < -0.4 is 10.2 Å². The number of halogens is 1. The van der Waals surface area contributed by atoms with Gasteiger partial charge in [-0.25, -0.2) is 9.37 Å². The van der Waals surface area contributed by atoms with Gasteiger partial charge in [-0.15, -0.1) is 11.3 Å². The lowest BCUT2D eigenvalue weighted by molar-refractivity contribution is 0.0946. The molecule has 122 valence electrons. The molecule has 5 nitrogen and oxygen atoms in total. The molecule has 0 saturated carbocycles. The second-order valence-electron chi connectivity index (χ2n) is 5.62. The Balaban J connectivity index is 1.58. The number of rotatable bonds is 4. The second-order valence-corrected chi connectivity index (χ2v) is 6.45. The van der Waals surface area contributed by atoms with Gasteiger partial charge in [0.15, 0.2) is 5.13 Å². The molecule has 7 heteroatoms. The first-order valence-corrected chi connectivity index (χ1v) is 8.41. The zero-order valence-electron chi connectivity index (χ0n) is 13.0. The van der Waals surface area contributed by atoms with Crippen LogP contribution in [0.4, 0.5) is 9.52 Å². The van der Waals surface area contributed by atoms with Gasteiger partial charge in [0.05, 0.1) is 0 Å². The van der Waals surface area contributed by atoms with Crippen molar-refractivity contribution in [3.63, 3.8) is 0 Å². The maximum absolute atomic E-state index is 13.1. The zero-order valence-corrected chi connectivity index (χ0v) is 13.8. The fourth-order valence-electron chi connectivity index (χ4n) is 2.43. The molecule has 2 heterocycles. The summed E-state index contributed by atoms with van der Waals surface area (Å²) in [6, 6.07) is 6.20. The van der Waals surface area contributed by atoms with Gasteiger partial charge in [0.2, 0.25) is 0 Å². The molecule has 1 saturated heterocycles. The first-order valence-electron chi connectivity index (χ1n) is 7.53. The highest BCUT2D eigenvalue weighted by atomic mass is 32.1. The Morgan fingerprint density at radius 3 is 2.87 bits per heavy atom. The molecule has 0 atom stereocenters. The number of benzene rings is 1. The van der Waals surface area contributed by atoms with Crippen LogP contribution in [-0.4, -0.2) is 49.0 Å². The Labute approximate surface area is 138 Å². The fraction of sp³-hybridized carbons (Fsp3) is 0.375. The zero-order chi connectivity index (χ0) is 16.2. The van der Waals surface area contributed by atoms with Crippen molar-refractivity contribution in [2.24, 2.45) is 0 Å². The van der Waals surface area contributed by atoms with E-state index >= 15 is 0 Å². The SMILES string of the molecule is CN1CCN(c2nc(C(=O)NCc3cccc(F)c3)cs2)CC1. The minimum atomic E-state index is -0.303. The van der Waals surface area contributed by atoms with Gasteiger partial charge >= 0.3 is 0 Å². The predicted octanol–water partition coefficient (Wildman–Crippen LogP) is 1.96. The molecule has 1 amide bonds. The molecular formula is C16H19FN4OS. The Morgan fingerprint density at radius 2 is 2.13 bits per heavy atom. The summed E-state index contributed by atoms with van der Waals surface area (Å²) in [5, 5.41) is 5.43. The Bertz CT molecular complexity index is 682. The van der Waals surface area contributed by atoms with Crippen molar-refractivity contribution in [2.45, 2.75) is 6.54 Å². The molecule has 0 bridgehead atoms. The third-order valence-electron chi connectivity index (χ3n) is 3.84. The van der Waals surface area contributed by atoms with Crippen LogP contribution in [0.5, 0.6) is 0 Å². The highest BCUT2D eigenvalue weighted by molar-refractivity contribution is 7.13. The van der Waals surface area contributed by atoms with E-state index in [-0.39, 0.29) is 18.3 Å². The summed E-state index contributed by atoms with van der Waals surface area (Å²) < 4.78 is 13.1. The molecule has 3 rings (SSSR count). The molecule has 1 aliphatic heterocycles. The van der Waals surface area contributed by atoms with Gasteiger partial charge in [0.25, 0.3) is 5.91 Å². The van der Waals surface area contributed by atoms with E-state index in [0.717, 1.165) is 36.9 Å². The highest BCUT2D eigenvalue weighted by Gasteiger charge is 2.18. The molecule has 1 fully saturated rings. The van der Waals surface area contributed by atoms with Crippen LogP contribution in [0.1, 0.15) is 16.1 Å². The first kappa shape index (κ1) is 15.9.